The van der Waals surface area contributed by atoms with Gasteiger partial charge in [0.05, 0.1) is 13.6 Å². The van der Waals surface area contributed by atoms with Crippen LogP contribution in [0.4, 0.5) is 0 Å². The number of hydrogen-bond acceptors (Lipinski definition) is 3. The molecule has 0 bridgehead atoms. The first-order valence-electron chi connectivity index (χ1n) is 4.74. The average Bonchev–Trinajstić information content (AvgIpc) is 2.61. The maximum absolute atomic E-state index is 4.15. The predicted octanol–water partition coefficient (Wildman–Crippen LogP) is 3.98. The maximum atomic E-state index is 4.15. The van der Waals surface area contributed by atoms with Gasteiger partial charge in [0.15, 0.2) is 0 Å². The Hall–Kier alpha value is -0.230. The van der Waals surface area contributed by atoms with Crippen LogP contribution in [0.5, 0.6) is 0 Å². The minimum atomic E-state index is 0.172. The highest BCUT2D eigenvalue weighted by Gasteiger charge is 2.17. The highest BCUT2D eigenvalue weighted by Crippen LogP contribution is 2.37. The molecule has 2 heterocycles. The van der Waals surface area contributed by atoms with Gasteiger partial charge in [0.2, 0.25) is 0 Å². The first kappa shape index (κ1) is 12.2. The van der Waals surface area contributed by atoms with Crippen LogP contribution in [0.15, 0.2) is 38.2 Å². The topological polar surface area (TPSA) is 24.9 Å². The molecule has 84 valence electrons. The number of nitrogens with zero attached hydrogens (tertiary/aromatic N) is 1. The van der Waals surface area contributed by atoms with Gasteiger partial charge in [0, 0.05) is 12.4 Å². The third-order valence-corrected chi connectivity index (χ3v) is 4.69. The zero-order valence-corrected chi connectivity index (χ0v) is 12.6. The first-order valence-corrected chi connectivity index (χ1v) is 7.14. The van der Waals surface area contributed by atoms with Gasteiger partial charge in [-0.25, -0.2) is 0 Å². The van der Waals surface area contributed by atoms with Crippen LogP contribution < -0.4 is 5.32 Å². The zero-order chi connectivity index (χ0) is 11.5. The van der Waals surface area contributed by atoms with Gasteiger partial charge in [0.25, 0.3) is 0 Å². The molecule has 2 rings (SSSR count). The van der Waals surface area contributed by atoms with Gasteiger partial charge in [-0.1, -0.05) is 6.07 Å². The molecule has 0 aliphatic rings. The Bertz CT molecular complexity index is 470. The summed E-state index contributed by atoms with van der Waals surface area (Å²) in [6, 6.07) is 6.33. The molecule has 1 N–H and O–H groups in total. The summed E-state index contributed by atoms with van der Waals surface area (Å²) in [6.07, 6.45) is 3.67. The zero-order valence-electron chi connectivity index (χ0n) is 8.58. The Morgan fingerprint density at radius 3 is 2.75 bits per heavy atom. The SMILES string of the molecule is CNC(c1cccnc1)c1cc(Br)sc1Br. The van der Waals surface area contributed by atoms with Gasteiger partial charge in [-0.2, -0.15) is 0 Å². The van der Waals surface area contributed by atoms with E-state index in [-0.39, 0.29) is 6.04 Å². The van der Waals surface area contributed by atoms with E-state index in [1.807, 2.05) is 19.3 Å². The number of hydrogen-bond donors (Lipinski definition) is 1. The Kier molecular flexibility index (Phi) is 4.13. The lowest BCUT2D eigenvalue weighted by Gasteiger charge is -2.15. The molecule has 2 aromatic rings. The molecule has 0 amide bonds. The Morgan fingerprint density at radius 1 is 1.44 bits per heavy atom. The number of aromatic nitrogens is 1. The van der Waals surface area contributed by atoms with E-state index < -0.39 is 0 Å². The molecule has 0 fully saturated rings. The lowest BCUT2D eigenvalue weighted by molar-refractivity contribution is 0.689. The number of thiophene rings is 1. The third kappa shape index (κ3) is 2.53. The van der Waals surface area contributed by atoms with E-state index in [0.29, 0.717) is 0 Å². The summed E-state index contributed by atoms with van der Waals surface area (Å²) >= 11 is 8.76. The highest BCUT2D eigenvalue weighted by molar-refractivity contribution is 9.12. The lowest BCUT2D eigenvalue weighted by atomic mass is 10.0. The van der Waals surface area contributed by atoms with Crippen LogP contribution in [0.25, 0.3) is 0 Å². The van der Waals surface area contributed by atoms with Crippen molar-refractivity contribution in [3.8, 4) is 0 Å². The van der Waals surface area contributed by atoms with E-state index in [1.54, 1.807) is 17.5 Å². The molecule has 1 atom stereocenters. The molecular weight excluding hydrogens is 352 g/mol. The molecule has 0 saturated heterocycles. The first-order chi connectivity index (χ1) is 7.72. The summed E-state index contributed by atoms with van der Waals surface area (Å²) < 4.78 is 2.26. The molecule has 16 heavy (non-hydrogen) atoms. The maximum Gasteiger partial charge on any atom is 0.0761 e. The summed E-state index contributed by atoms with van der Waals surface area (Å²) in [4.78, 5) is 4.15. The van der Waals surface area contributed by atoms with Crippen molar-refractivity contribution in [2.75, 3.05) is 7.05 Å². The monoisotopic (exact) mass is 360 g/mol. The van der Waals surface area contributed by atoms with Crippen LogP contribution in [0.2, 0.25) is 0 Å². The molecule has 1 unspecified atom stereocenters. The van der Waals surface area contributed by atoms with Crippen LogP contribution >= 0.6 is 43.2 Å². The van der Waals surface area contributed by atoms with Crippen molar-refractivity contribution in [3.63, 3.8) is 0 Å². The van der Waals surface area contributed by atoms with Crippen LogP contribution in [0.3, 0.4) is 0 Å². The molecule has 2 aromatic heterocycles. The van der Waals surface area contributed by atoms with Crippen molar-refractivity contribution in [2.24, 2.45) is 0 Å². The van der Waals surface area contributed by atoms with E-state index in [0.717, 1.165) is 13.1 Å². The summed E-state index contributed by atoms with van der Waals surface area (Å²) in [7, 11) is 1.95. The minimum Gasteiger partial charge on any atom is -0.309 e. The smallest absolute Gasteiger partial charge is 0.0761 e. The second kappa shape index (κ2) is 5.40. The fraction of sp³-hybridized carbons (Fsp3) is 0.182. The van der Waals surface area contributed by atoms with Crippen LogP contribution in [0, 0.1) is 0 Å². The van der Waals surface area contributed by atoms with Gasteiger partial charge >= 0.3 is 0 Å². The van der Waals surface area contributed by atoms with Crippen molar-refractivity contribution in [1.82, 2.24) is 10.3 Å². The van der Waals surface area contributed by atoms with Crippen molar-refractivity contribution in [3.05, 3.63) is 49.3 Å². The fourth-order valence-electron chi connectivity index (χ4n) is 1.60. The van der Waals surface area contributed by atoms with Gasteiger partial charge in [0.1, 0.15) is 0 Å². The second-order valence-electron chi connectivity index (χ2n) is 3.29. The average molecular weight is 362 g/mol. The van der Waals surface area contributed by atoms with E-state index in [9.17, 15) is 0 Å². The highest BCUT2D eigenvalue weighted by atomic mass is 79.9. The Balaban J connectivity index is 2.40. The number of nitrogens with one attached hydrogen (secondary N) is 1. The van der Waals surface area contributed by atoms with Crippen molar-refractivity contribution < 1.29 is 0 Å². The molecule has 0 aliphatic heterocycles. The number of halogens is 2. The molecule has 5 heteroatoms. The van der Waals surface area contributed by atoms with E-state index in [1.165, 1.54) is 5.56 Å². The summed E-state index contributed by atoms with van der Waals surface area (Å²) in [5.74, 6) is 0. The van der Waals surface area contributed by atoms with Crippen molar-refractivity contribution >= 4 is 43.2 Å². The third-order valence-electron chi connectivity index (χ3n) is 2.30. The van der Waals surface area contributed by atoms with Gasteiger partial charge < -0.3 is 5.32 Å². The van der Waals surface area contributed by atoms with E-state index >= 15 is 0 Å². The largest absolute Gasteiger partial charge is 0.309 e. The van der Waals surface area contributed by atoms with Gasteiger partial charge in [-0.05, 0) is 62.2 Å². The number of rotatable bonds is 3. The Morgan fingerprint density at radius 2 is 2.25 bits per heavy atom. The summed E-state index contributed by atoms with van der Waals surface area (Å²) in [6.45, 7) is 0. The van der Waals surface area contributed by atoms with Crippen molar-refractivity contribution in [1.29, 1.82) is 0 Å². The molecule has 0 aromatic carbocycles. The number of pyridine rings is 1. The summed E-state index contributed by atoms with van der Waals surface area (Å²) in [5.41, 5.74) is 2.39. The fourth-order valence-corrected chi connectivity index (χ4v) is 4.50. The summed E-state index contributed by atoms with van der Waals surface area (Å²) in [5, 5.41) is 3.30. The molecular formula is C11H10Br2N2S. The van der Waals surface area contributed by atoms with Gasteiger partial charge in [-0.3, -0.25) is 4.98 Å². The van der Waals surface area contributed by atoms with E-state index in [4.69, 9.17) is 0 Å². The standard InChI is InChI=1S/C11H10Br2N2S/c1-14-10(7-3-2-4-15-6-7)8-5-9(12)16-11(8)13/h2-6,10,14H,1H3. The molecule has 0 spiro atoms. The molecule has 2 nitrogen and oxygen atoms in total. The van der Waals surface area contributed by atoms with Crippen molar-refractivity contribution in [2.45, 2.75) is 6.04 Å². The van der Waals surface area contributed by atoms with Crippen LogP contribution in [-0.2, 0) is 0 Å². The Labute approximate surface area is 115 Å². The predicted molar refractivity (Wildman–Crippen MR) is 74.9 cm³/mol. The molecule has 0 radical (unpaired) electrons. The van der Waals surface area contributed by atoms with E-state index in [2.05, 4.69) is 54.3 Å². The minimum absolute atomic E-state index is 0.172. The molecule has 0 aliphatic carbocycles. The quantitative estimate of drug-likeness (QED) is 0.894. The molecule has 0 saturated carbocycles. The second-order valence-corrected chi connectivity index (χ2v) is 7.04. The normalized spacial score (nSPS) is 12.7. The van der Waals surface area contributed by atoms with Gasteiger partial charge in [-0.15, -0.1) is 11.3 Å². The van der Waals surface area contributed by atoms with Crippen LogP contribution in [-0.4, -0.2) is 12.0 Å². The lowest BCUT2D eigenvalue weighted by Crippen LogP contribution is -2.17. The van der Waals surface area contributed by atoms with Crippen LogP contribution in [0.1, 0.15) is 17.2 Å².